The van der Waals surface area contributed by atoms with Crippen LogP contribution in [-0.4, -0.2) is 18.3 Å². The predicted molar refractivity (Wildman–Crippen MR) is 121 cm³/mol. The molecule has 0 aliphatic rings. The van der Waals surface area contributed by atoms with Gasteiger partial charge in [0.05, 0.1) is 6.61 Å². The summed E-state index contributed by atoms with van der Waals surface area (Å²) in [6, 6.07) is 24.2. The minimum absolute atomic E-state index is 0.0318. The maximum atomic E-state index is 9.93. The average Bonchev–Trinajstić information content (AvgIpc) is 2.72. The first-order valence-corrected chi connectivity index (χ1v) is 10.8. The van der Waals surface area contributed by atoms with Crippen molar-refractivity contribution in [2.45, 2.75) is 19.1 Å². The van der Waals surface area contributed by atoms with Crippen molar-refractivity contribution >= 4 is 31.9 Å². The molecule has 1 atom stereocenters. The van der Waals surface area contributed by atoms with Crippen molar-refractivity contribution in [1.82, 2.24) is 5.32 Å². The highest BCUT2D eigenvalue weighted by molar-refractivity contribution is 9.11. The van der Waals surface area contributed by atoms with Gasteiger partial charge in [0.25, 0.3) is 0 Å². The second kappa shape index (κ2) is 10.8. The SMILES string of the molecule is OC[C@H](CNCc1ccccc1)c1c(Br)cc(OCc2ccccc2)cc1Br. The van der Waals surface area contributed by atoms with Crippen molar-refractivity contribution in [3.63, 3.8) is 0 Å². The van der Waals surface area contributed by atoms with Gasteiger partial charge >= 0.3 is 0 Å². The van der Waals surface area contributed by atoms with E-state index in [9.17, 15) is 5.11 Å². The fourth-order valence-corrected chi connectivity index (χ4v) is 4.81. The third kappa shape index (κ3) is 5.92. The lowest BCUT2D eigenvalue weighted by Crippen LogP contribution is -2.24. The van der Waals surface area contributed by atoms with Crippen LogP contribution >= 0.6 is 31.9 Å². The molecule has 146 valence electrons. The van der Waals surface area contributed by atoms with Crippen LogP contribution in [0.2, 0.25) is 0 Å². The van der Waals surface area contributed by atoms with Gasteiger partial charge in [0.1, 0.15) is 12.4 Å². The van der Waals surface area contributed by atoms with Crippen molar-refractivity contribution in [3.05, 3.63) is 98.4 Å². The van der Waals surface area contributed by atoms with Crippen LogP contribution in [0.15, 0.2) is 81.7 Å². The van der Waals surface area contributed by atoms with Crippen LogP contribution in [0.1, 0.15) is 22.6 Å². The molecule has 3 rings (SSSR count). The number of aliphatic hydroxyl groups is 1. The lowest BCUT2D eigenvalue weighted by Gasteiger charge is -2.20. The number of hydrogen-bond acceptors (Lipinski definition) is 3. The zero-order chi connectivity index (χ0) is 19.8. The van der Waals surface area contributed by atoms with Gasteiger partial charge < -0.3 is 15.2 Å². The van der Waals surface area contributed by atoms with E-state index in [-0.39, 0.29) is 12.5 Å². The molecule has 3 nitrogen and oxygen atoms in total. The Morgan fingerprint density at radius 3 is 2.00 bits per heavy atom. The maximum Gasteiger partial charge on any atom is 0.122 e. The van der Waals surface area contributed by atoms with Gasteiger partial charge in [-0.05, 0) is 28.8 Å². The fraction of sp³-hybridized carbons (Fsp3) is 0.217. The van der Waals surface area contributed by atoms with Gasteiger partial charge in [0, 0.05) is 28.0 Å². The first-order valence-electron chi connectivity index (χ1n) is 9.18. The van der Waals surface area contributed by atoms with E-state index in [4.69, 9.17) is 4.74 Å². The largest absolute Gasteiger partial charge is 0.489 e. The van der Waals surface area contributed by atoms with Crippen LogP contribution in [0.4, 0.5) is 0 Å². The van der Waals surface area contributed by atoms with Gasteiger partial charge in [0.2, 0.25) is 0 Å². The first kappa shape index (κ1) is 21.1. The molecular formula is C23H23Br2NO2. The first-order chi connectivity index (χ1) is 13.7. The third-order valence-electron chi connectivity index (χ3n) is 4.49. The van der Waals surface area contributed by atoms with E-state index >= 15 is 0 Å². The summed E-state index contributed by atoms with van der Waals surface area (Å²) in [5.74, 6) is 0.746. The topological polar surface area (TPSA) is 41.5 Å². The lowest BCUT2D eigenvalue weighted by atomic mass is 9.99. The molecule has 0 unspecified atom stereocenters. The smallest absolute Gasteiger partial charge is 0.122 e. The Balaban J connectivity index is 1.64. The number of nitrogens with one attached hydrogen (secondary N) is 1. The summed E-state index contributed by atoms with van der Waals surface area (Å²) in [4.78, 5) is 0. The van der Waals surface area contributed by atoms with Crippen molar-refractivity contribution in [2.75, 3.05) is 13.2 Å². The van der Waals surface area contributed by atoms with Crippen molar-refractivity contribution in [2.24, 2.45) is 0 Å². The highest BCUT2D eigenvalue weighted by Gasteiger charge is 2.18. The van der Waals surface area contributed by atoms with Crippen molar-refractivity contribution < 1.29 is 9.84 Å². The minimum Gasteiger partial charge on any atom is -0.489 e. The van der Waals surface area contributed by atoms with Crippen molar-refractivity contribution in [1.29, 1.82) is 0 Å². The second-order valence-electron chi connectivity index (χ2n) is 6.57. The van der Waals surface area contributed by atoms with Crippen LogP contribution in [0, 0.1) is 0 Å². The molecule has 0 fully saturated rings. The van der Waals surface area contributed by atoms with Crippen LogP contribution in [-0.2, 0) is 13.2 Å². The van der Waals surface area contributed by atoms with Gasteiger partial charge in [-0.3, -0.25) is 0 Å². The van der Waals surface area contributed by atoms with Gasteiger partial charge in [-0.25, -0.2) is 0 Å². The monoisotopic (exact) mass is 503 g/mol. The molecule has 0 saturated carbocycles. The molecule has 2 N–H and O–H groups in total. The Morgan fingerprint density at radius 2 is 1.43 bits per heavy atom. The van der Waals surface area contributed by atoms with E-state index < -0.39 is 0 Å². The van der Waals surface area contributed by atoms with Gasteiger partial charge in [-0.15, -0.1) is 0 Å². The molecular weight excluding hydrogens is 482 g/mol. The predicted octanol–water partition coefficient (Wildman–Crippen LogP) is 5.66. The lowest BCUT2D eigenvalue weighted by molar-refractivity contribution is 0.260. The molecule has 0 amide bonds. The van der Waals surface area contributed by atoms with E-state index in [1.54, 1.807) is 0 Å². The molecule has 28 heavy (non-hydrogen) atoms. The highest BCUT2D eigenvalue weighted by atomic mass is 79.9. The Labute approximate surface area is 183 Å². The van der Waals surface area contributed by atoms with Gasteiger partial charge in [-0.1, -0.05) is 92.5 Å². The number of hydrogen-bond donors (Lipinski definition) is 2. The van der Waals surface area contributed by atoms with E-state index in [1.807, 2.05) is 60.7 Å². The van der Waals surface area contributed by atoms with Crippen LogP contribution < -0.4 is 10.1 Å². The molecule has 0 spiro atoms. The Kier molecular flexibility index (Phi) is 8.10. The average molecular weight is 505 g/mol. The summed E-state index contributed by atoms with van der Waals surface area (Å²) in [6.07, 6.45) is 0. The summed E-state index contributed by atoms with van der Waals surface area (Å²) in [5.41, 5.74) is 3.38. The van der Waals surface area contributed by atoms with Crippen LogP contribution in [0.5, 0.6) is 5.75 Å². The third-order valence-corrected chi connectivity index (χ3v) is 5.80. The van der Waals surface area contributed by atoms with Crippen LogP contribution in [0.3, 0.4) is 0 Å². The Bertz CT molecular complexity index is 849. The molecule has 5 heteroatoms. The van der Waals surface area contributed by atoms with E-state index in [2.05, 4.69) is 49.3 Å². The van der Waals surface area contributed by atoms with Gasteiger partial charge in [-0.2, -0.15) is 0 Å². The van der Waals surface area contributed by atoms with E-state index in [0.717, 1.165) is 32.4 Å². The normalized spacial score (nSPS) is 12.0. The molecule has 0 aromatic heterocycles. The molecule has 0 aliphatic heterocycles. The van der Waals surface area contributed by atoms with Gasteiger partial charge in [0.15, 0.2) is 0 Å². The molecule has 0 heterocycles. The standard InChI is InChI=1S/C23H23Br2NO2/c24-21-11-20(28-16-18-9-5-2-6-10-18)12-22(25)23(21)19(15-27)14-26-13-17-7-3-1-4-8-17/h1-12,19,26-27H,13-16H2/t19-/m0/s1. The number of ether oxygens (including phenoxy) is 1. The zero-order valence-electron chi connectivity index (χ0n) is 15.4. The van der Waals surface area contributed by atoms with E-state index in [1.165, 1.54) is 5.56 Å². The Morgan fingerprint density at radius 1 is 0.857 bits per heavy atom. The maximum absolute atomic E-state index is 9.93. The summed E-state index contributed by atoms with van der Waals surface area (Å²) in [5, 5.41) is 13.4. The van der Waals surface area contributed by atoms with Crippen molar-refractivity contribution in [3.8, 4) is 5.75 Å². The number of benzene rings is 3. The van der Waals surface area contributed by atoms with Crippen LogP contribution in [0.25, 0.3) is 0 Å². The highest BCUT2D eigenvalue weighted by Crippen LogP contribution is 2.36. The zero-order valence-corrected chi connectivity index (χ0v) is 18.6. The molecule has 0 saturated heterocycles. The minimum atomic E-state index is -0.0318. The molecule has 3 aromatic rings. The fourth-order valence-electron chi connectivity index (χ4n) is 3.02. The number of halogens is 2. The molecule has 0 aliphatic carbocycles. The number of rotatable bonds is 9. The second-order valence-corrected chi connectivity index (χ2v) is 8.28. The summed E-state index contributed by atoms with van der Waals surface area (Å²) in [7, 11) is 0. The van der Waals surface area contributed by atoms with E-state index in [0.29, 0.717) is 13.2 Å². The quantitative estimate of drug-likeness (QED) is 0.395. The Hall–Kier alpha value is -1.66. The summed E-state index contributed by atoms with van der Waals surface area (Å²) >= 11 is 7.31. The molecule has 3 aromatic carbocycles. The summed E-state index contributed by atoms with van der Waals surface area (Å²) < 4.78 is 7.77. The molecule has 0 bridgehead atoms. The number of aliphatic hydroxyl groups excluding tert-OH is 1. The summed E-state index contributed by atoms with van der Waals surface area (Å²) in [6.45, 7) is 2.02. The molecule has 0 radical (unpaired) electrons.